The first-order valence-corrected chi connectivity index (χ1v) is 6.28. The van der Waals surface area contributed by atoms with Crippen LogP contribution in [0.15, 0.2) is 18.5 Å². The molecule has 0 amide bonds. The number of carbonyl (C=O) groups is 1. The number of rotatable bonds is 7. The van der Waals surface area contributed by atoms with Gasteiger partial charge in [-0.05, 0) is 33.3 Å². The van der Waals surface area contributed by atoms with Crippen molar-refractivity contribution in [1.82, 2.24) is 4.98 Å². The Balaban J connectivity index is 2.85. The van der Waals surface area contributed by atoms with Crippen molar-refractivity contribution in [3.05, 3.63) is 24.0 Å². The highest BCUT2D eigenvalue weighted by Gasteiger charge is 2.29. The molecule has 0 aliphatic heterocycles. The van der Waals surface area contributed by atoms with Crippen molar-refractivity contribution in [3.8, 4) is 5.75 Å². The van der Waals surface area contributed by atoms with Gasteiger partial charge >= 0.3 is 0 Å². The molecule has 0 aliphatic carbocycles. The fourth-order valence-electron chi connectivity index (χ4n) is 1.62. The van der Waals surface area contributed by atoms with Crippen LogP contribution in [-0.4, -0.2) is 29.6 Å². The number of ketones is 1. The van der Waals surface area contributed by atoms with Gasteiger partial charge in [-0.1, -0.05) is 6.92 Å². The molecule has 0 atom stereocenters. The van der Waals surface area contributed by atoms with E-state index in [1.165, 1.54) is 0 Å². The van der Waals surface area contributed by atoms with Gasteiger partial charge in [-0.25, -0.2) is 0 Å². The van der Waals surface area contributed by atoms with Crippen molar-refractivity contribution in [2.24, 2.45) is 0 Å². The third kappa shape index (κ3) is 3.81. The van der Waals surface area contributed by atoms with Gasteiger partial charge in [0.1, 0.15) is 11.4 Å². The minimum Gasteiger partial charge on any atom is -0.492 e. The first-order chi connectivity index (χ1) is 8.51. The number of hydrogen-bond donors (Lipinski definition) is 0. The second-order valence-electron chi connectivity index (χ2n) is 4.53. The summed E-state index contributed by atoms with van der Waals surface area (Å²) in [5.41, 5.74) is -0.318. The second kappa shape index (κ2) is 6.50. The lowest BCUT2D eigenvalue weighted by Gasteiger charge is -2.22. The highest BCUT2D eigenvalue weighted by atomic mass is 16.5. The average Bonchev–Trinajstić information content (AvgIpc) is 2.35. The molecule has 1 heterocycles. The highest BCUT2D eigenvalue weighted by molar-refractivity contribution is 6.01. The van der Waals surface area contributed by atoms with E-state index >= 15 is 0 Å². The maximum Gasteiger partial charge on any atom is 0.195 e. The maximum absolute atomic E-state index is 12.3. The van der Waals surface area contributed by atoms with Gasteiger partial charge in [0, 0.05) is 18.4 Å². The molecule has 4 heteroatoms. The lowest BCUT2D eigenvalue weighted by atomic mass is 9.97. The molecule has 0 saturated carbocycles. The van der Waals surface area contributed by atoms with E-state index in [9.17, 15) is 4.79 Å². The standard InChI is InChI=1S/C14H21NO3/c1-5-7-17-12-8-11(9-15-10-12)13(16)14(3,4)18-6-2/h8-10H,5-7H2,1-4H3. The maximum atomic E-state index is 12.3. The fraction of sp³-hybridized carbons (Fsp3) is 0.571. The molecule has 1 aromatic heterocycles. The van der Waals surface area contributed by atoms with E-state index in [-0.39, 0.29) is 5.78 Å². The van der Waals surface area contributed by atoms with Crippen LogP contribution >= 0.6 is 0 Å². The van der Waals surface area contributed by atoms with Crippen LogP contribution in [0.4, 0.5) is 0 Å². The van der Waals surface area contributed by atoms with E-state index in [4.69, 9.17) is 9.47 Å². The van der Waals surface area contributed by atoms with Crippen LogP contribution in [0.25, 0.3) is 0 Å². The Morgan fingerprint density at radius 2 is 2.06 bits per heavy atom. The summed E-state index contributed by atoms with van der Waals surface area (Å²) in [7, 11) is 0. The van der Waals surface area contributed by atoms with Crippen LogP contribution in [0, 0.1) is 0 Å². The molecular weight excluding hydrogens is 230 g/mol. The molecule has 1 aromatic rings. The summed E-state index contributed by atoms with van der Waals surface area (Å²) in [5.74, 6) is 0.536. The molecule has 0 radical (unpaired) electrons. The van der Waals surface area contributed by atoms with Crippen molar-refractivity contribution >= 4 is 5.78 Å². The molecule has 0 fully saturated rings. The summed E-state index contributed by atoms with van der Waals surface area (Å²) < 4.78 is 10.9. The average molecular weight is 251 g/mol. The minimum atomic E-state index is -0.834. The Kier molecular flexibility index (Phi) is 5.28. The predicted molar refractivity (Wildman–Crippen MR) is 70.1 cm³/mol. The monoisotopic (exact) mass is 251 g/mol. The molecule has 0 saturated heterocycles. The smallest absolute Gasteiger partial charge is 0.195 e. The minimum absolute atomic E-state index is 0.0844. The molecule has 100 valence electrons. The topological polar surface area (TPSA) is 48.4 Å². The summed E-state index contributed by atoms with van der Waals surface area (Å²) in [6.07, 6.45) is 4.07. The summed E-state index contributed by atoms with van der Waals surface area (Å²) >= 11 is 0. The van der Waals surface area contributed by atoms with Crippen molar-refractivity contribution in [2.45, 2.75) is 39.7 Å². The Labute approximate surface area is 108 Å². The molecule has 18 heavy (non-hydrogen) atoms. The van der Waals surface area contributed by atoms with Gasteiger partial charge in [0.05, 0.1) is 12.8 Å². The van der Waals surface area contributed by atoms with Gasteiger partial charge in [-0.3, -0.25) is 9.78 Å². The number of hydrogen-bond acceptors (Lipinski definition) is 4. The van der Waals surface area contributed by atoms with E-state index in [1.54, 1.807) is 32.3 Å². The fourth-order valence-corrected chi connectivity index (χ4v) is 1.62. The number of carbonyl (C=O) groups excluding carboxylic acids is 1. The number of nitrogens with zero attached hydrogens (tertiary/aromatic N) is 1. The summed E-state index contributed by atoms with van der Waals surface area (Å²) in [6, 6.07) is 1.71. The zero-order valence-corrected chi connectivity index (χ0v) is 11.5. The molecule has 4 nitrogen and oxygen atoms in total. The van der Waals surface area contributed by atoms with Crippen LogP contribution < -0.4 is 4.74 Å². The van der Waals surface area contributed by atoms with Crippen LogP contribution in [0.2, 0.25) is 0 Å². The van der Waals surface area contributed by atoms with Gasteiger partial charge in [0.25, 0.3) is 0 Å². The van der Waals surface area contributed by atoms with Crippen molar-refractivity contribution < 1.29 is 14.3 Å². The van der Waals surface area contributed by atoms with E-state index < -0.39 is 5.60 Å². The quantitative estimate of drug-likeness (QED) is 0.699. The van der Waals surface area contributed by atoms with Crippen LogP contribution in [0.1, 0.15) is 44.5 Å². The molecule has 1 rings (SSSR count). The predicted octanol–water partition coefficient (Wildman–Crippen LogP) is 2.87. The SMILES string of the molecule is CCCOc1cncc(C(=O)C(C)(C)OCC)c1. The third-order valence-corrected chi connectivity index (χ3v) is 2.50. The Bertz CT molecular complexity index is 402. The van der Waals surface area contributed by atoms with Crippen molar-refractivity contribution in [2.75, 3.05) is 13.2 Å². The normalized spacial score (nSPS) is 11.3. The van der Waals surface area contributed by atoms with Crippen molar-refractivity contribution in [1.29, 1.82) is 0 Å². The van der Waals surface area contributed by atoms with Crippen molar-refractivity contribution in [3.63, 3.8) is 0 Å². The summed E-state index contributed by atoms with van der Waals surface area (Å²) in [4.78, 5) is 16.3. The summed E-state index contributed by atoms with van der Waals surface area (Å²) in [5, 5.41) is 0. The van der Waals surface area contributed by atoms with Crippen LogP contribution in [0.5, 0.6) is 5.75 Å². The van der Waals surface area contributed by atoms with Crippen LogP contribution in [0.3, 0.4) is 0 Å². The Morgan fingerprint density at radius 1 is 1.33 bits per heavy atom. The zero-order valence-electron chi connectivity index (χ0n) is 11.5. The molecule has 0 aromatic carbocycles. The van der Waals surface area contributed by atoms with E-state index in [1.807, 2.05) is 13.8 Å². The number of Topliss-reactive ketones (excluding diaryl/α,β-unsaturated/α-hetero) is 1. The second-order valence-corrected chi connectivity index (χ2v) is 4.53. The number of pyridine rings is 1. The lowest BCUT2D eigenvalue weighted by Crippen LogP contribution is -2.35. The molecule has 0 N–H and O–H groups in total. The zero-order chi connectivity index (χ0) is 13.6. The van der Waals surface area contributed by atoms with Gasteiger partial charge in [-0.15, -0.1) is 0 Å². The molecule has 0 bridgehead atoms. The number of aromatic nitrogens is 1. The molecule has 0 aliphatic rings. The van der Waals surface area contributed by atoms with Crippen LogP contribution in [-0.2, 0) is 4.74 Å². The van der Waals surface area contributed by atoms with Gasteiger partial charge in [0.2, 0.25) is 0 Å². The number of ether oxygens (including phenoxy) is 2. The third-order valence-electron chi connectivity index (χ3n) is 2.50. The largest absolute Gasteiger partial charge is 0.492 e. The molecule has 0 spiro atoms. The van der Waals surface area contributed by atoms with E-state index in [0.717, 1.165) is 6.42 Å². The Morgan fingerprint density at radius 3 is 2.67 bits per heavy atom. The molecule has 0 unspecified atom stereocenters. The van der Waals surface area contributed by atoms with Gasteiger partial charge in [0.15, 0.2) is 5.78 Å². The van der Waals surface area contributed by atoms with E-state index in [0.29, 0.717) is 24.5 Å². The van der Waals surface area contributed by atoms with E-state index in [2.05, 4.69) is 4.98 Å². The first kappa shape index (κ1) is 14.6. The summed E-state index contributed by atoms with van der Waals surface area (Å²) in [6.45, 7) is 8.54. The Hall–Kier alpha value is -1.42. The first-order valence-electron chi connectivity index (χ1n) is 6.28. The highest BCUT2D eigenvalue weighted by Crippen LogP contribution is 2.19. The molecular formula is C14H21NO3. The van der Waals surface area contributed by atoms with Gasteiger partial charge < -0.3 is 9.47 Å². The van der Waals surface area contributed by atoms with Gasteiger partial charge in [-0.2, -0.15) is 0 Å². The lowest BCUT2D eigenvalue weighted by molar-refractivity contribution is 0.00121.